The Morgan fingerprint density at radius 2 is 1.83 bits per heavy atom. The van der Waals surface area contributed by atoms with Gasteiger partial charge in [0.1, 0.15) is 5.60 Å². The standard InChI is InChI=1S/C20H29N3O4S2/c1-20(2,3)27-19(24)21-11-14-4-6-15(7-5-14)12-23-29(25,26)16-8-9-17-18(10-16)28-13-22-17/h8-10,13-15,23H,4-7,11-12H2,1-3H3,(H,21,24). The Morgan fingerprint density at radius 3 is 2.48 bits per heavy atom. The molecule has 9 heteroatoms. The molecular formula is C20H29N3O4S2. The molecule has 1 fully saturated rings. The Kier molecular flexibility index (Phi) is 6.80. The van der Waals surface area contributed by atoms with Gasteiger partial charge in [-0.2, -0.15) is 0 Å². The third kappa shape index (κ3) is 6.38. The van der Waals surface area contributed by atoms with Crippen LogP contribution in [0.1, 0.15) is 46.5 Å². The van der Waals surface area contributed by atoms with Gasteiger partial charge in [-0.1, -0.05) is 0 Å². The Labute approximate surface area is 176 Å². The molecule has 1 aliphatic carbocycles. The van der Waals surface area contributed by atoms with Crippen molar-refractivity contribution >= 4 is 37.7 Å². The van der Waals surface area contributed by atoms with Crippen LogP contribution >= 0.6 is 11.3 Å². The molecule has 3 rings (SSSR count). The normalized spacial score (nSPS) is 20.5. The summed E-state index contributed by atoms with van der Waals surface area (Å²) < 4.78 is 34.1. The maximum atomic E-state index is 12.6. The highest BCUT2D eigenvalue weighted by atomic mass is 32.2. The molecule has 1 amide bonds. The fraction of sp³-hybridized carbons (Fsp3) is 0.600. The third-order valence-corrected chi connectivity index (χ3v) is 7.29. The van der Waals surface area contributed by atoms with E-state index in [9.17, 15) is 13.2 Å². The fourth-order valence-corrected chi connectivity index (χ4v) is 5.43. The highest BCUT2D eigenvalue weighted by Gasteiger charge is 2.24. The van der Waals surface area contributed by atoms with Crippen LogP contribution in [-0.2, 0) is 14.8 Å². The zero-order chi connectivity index (χ0) is 21.1. The number of amides is 1. The highest BCUT2D eigenvalue weighted by molar-refractivity contribution is 7.89. The van der Waals surface area contributed by atoms with Gasteiger partial charge >= 0.3 is 6.09 Å². The van der Waals surface area contributed by atoms with E-state index >= 15 is 0 Å². The molecule has 2 N–H and O–H groups in total. The topological polar surface area (TPSA) is 97.4 Å². The molecule has 1 saturated carbocycles. The van der Waals surface area contributed by atoms with Crippen molar-refractivity contribution in [2.24, 2.45) is 11.8 Å². The number of fused-ring (bicyclic) bond motifs is 1. The first-order valence-electron chi connectivity index (χ1n) is 9.92. The van der Waals surface area contributed by atoms with Crippen LogP contribution in [0, 0.1) is 11.8 Å². The molecule has 1 aromatic carbocycles. The van der Waals surface area contributed by atoms with E-state index < -0.39 is 15.6 Å². The van der Waals surface area contributed by atoms with Crippen molar-refractivity contribution in [2.75, 3.05) is 13.1 Å². The van der Waals surface area contributed by atoms with Crippen molar-refractivity contribution in [3.05, 3.63) is 23.7 Å². The lowest BCUT2D eigenvalue weighted by molar-refractivity contribution is 0.0513. The molecule has 0 saturated heterocycles. The van der Waals surface area contributed by atoms with E-state index in [-0.39, 0.29) is 11.0 Å². The number of ether oxygens (including phenoxy) is 1. The number of sulfonamides is 1. The van der Waals surface area contributed by atoms with Crippen molar-refractivity contribution in [3.8, 4) is 0 Å². The van der Waals surface area contributed by atoms with Gasteiger partial charge in [-0.3, -0.25) is 0 Å². The number of benzene rings is 1. The first-order valence-corrected chi connectivity index (χ1v) is 12.3. The van der Waals surface area contributed by atoms with Crippen LogP contribution in [0.15, 0.2) is 28.6 Å². The summed E-state index contributed by atoms with van der Waals surface area (Å²) >= 11 is 1.43. The second kappa shape index (κ2) is 8.97. The molecule has 29 heavy (non-hydrogen) atoms. The molecule has 1 aromatic heterocycles. The summed E-state index contributed by atoms with van der Waals surface area (Å²) in [6.07, 6.45) is 3.43. The number of nitrogens with one attached hydrogen (secondary N) is 2. The minimum Gasteiger partial charge on any atom is -0.444 e. The number of carbonyl (C=O) groups is 1. The first-order chi connectivity index (χ1) is 13.6. The van der Waals surface area contributed by atoms with E-state index in [0.29, 0.717) is 24.9 Å². The summed E-state index contributed by atoms with van der Waals surface area (Å²) in [4.78, 5) is 16.2. The Balaban J connectivity index is 1.43. The minimum atomic E-state index is -3.53. The van der Waals surface area contributed by atoms with E-state index in [0.717, 1.165) is 35.9 Å². The zero-order valence-corrected chi connectivity index (χ0v) is 18.7. The van der Waals surface area contributed by atoms with Crippen LogP contribution in [0.5, 0.6) is 0 Å². The molecule has 7 nitrogen and oxygen atoms in total. The fourth-order valence-electron chi connectivity index (χ4n) is 3.50. The van der Waals surface area contributed by atoms with Gasteiger partial charge in [-0.15, -0.1) is 11.3 Å². The van der Waals surface area contributed by atoms with Crippen LogP contribution in [0.2, 0.25) is 0 Å². The summed E-state index contributed by atoms with van der Waals surface area (Å²) in [5.74, 6) is 0.721. The van der Waals surface area contributed by atoms with E-state index in [4.69, 9.17) is 4.74 Å². The van der Waals surface area contributed by atoms with Gasteiger partial charge in [-0.25, -0.2) is 22.9 Å². The average molecular weight is 440 g/mol. The van der Waals surface area contributed by atoms with Gasteiger partial charge in [-0.05, 0) is 76.5 Å². The monoisotopic (exact) mass is 439 g/mol. The maximum Gasteiger partial charge on any atom is 0.407 e. The molecule has 2 aromatic rings. The average Bonchev–Trinajstić information content (AvgIpc) is 3.12. The molecule has 0 unspecified atom stereocenters. The number of nitrogens with zero attached hydrogens (tertiary/aromatic N) is 1. The number of rotatable bonds is 6. The van der Waals surface area contributed by atoms with Gasteiger partial charge in [0.05, 0.1) is 20.6 Å². The summed E-state index contributed by atoms with van der Waals surface area (Å²) in [7, 11) is -3.53. The van der Waals surface area contributed by atoms with Crippen molar-refractivity contribution < 1.29 is 17.9 Å². The van der Waals surface area contributed by atoms with Crippen molar-refractivity contribution in [3.63, 3.8) is 0 Å². The summed E-state index contributed by atoms with van der Waals surface area (Å²) in [6, 6.07) is 5.02. The largest absolute Gasteiger partial charge is 0.444 e. The summed E-state index contributed by atoms with van der Waals surface area (Å²) in [5, 5.41) is 2.84. The summed E-state index contributed by atoms with van der Waals surface area (Å²) in [5.41, 5.74) is 2.03. The van der Waals surface area contributed by atoms with Gasteiger partial charge in [0.2, 0.25) is 10.0 Å². The SMILES string of the molecule is CC(C)(C)OC(=O)NCC1CCC(CNS(=O)(=O)c2ccc3ncsc3c2)CC1. The number of thiazole rings is 1. The van der Waals surface area contributed by atoms with Crippen LogP contribution in [0.25, 0.3) is 10.2 Å². The lowest BCUT2D eigenvalue weighted by atomic mass is 9.82. The molecule has 0 bridgehead atoms. The smallest absolute Gasteiger partial charge is 0.407 e. The summed E-state index contributed by atoms with van der Waals surface area (Å²) in [6.45, 7) is 6.56. The van der Waals surface area contributed by atoms with E-state index in [1.165, 1.54) is 11.3 Å². The molecule has 0 aliphatic heterocycles. The van der Waals surface area contributed by atoms with Crippen molar-refractivity contribution in [1.29, 1.82) is 0 Å². The second-order valence-electron chi connectivity index (χ2n) is 8.60. The Morgan fingerprint density at radius 1 is 1.17 bits per heavy atom. The van der Waals surface area contributed by atoms with E-state index in [2.05, 4.69) is 15.0 Å². The molecule has 1 aliphatic rings. The van der Waals surface area contributed by atoms with Gasteiger partial charge in [0.25, 0.3) is 0 Å². The highest BCUT2D eigenvalue weighted by Crippen LogP contribution is 2.28. The molecule has 1 heterocycles. The van der Waals surface area contributed by atoms with Crippen LogP contribution in [0.3, 0.4) is 0 Å². The first kappa shape index (κ1) is 22.0. The quantitative estimate of drug-likeness (QED) is 0.711. The van der Waals surface area contributed by atoms with E-state index in [1.807, 2.05) is 20.8 Å². The number of alkyl carbamates (subject to hydrolysis) is 1. The number of carbonyl (C=O) groups excluding carboxylic acids is 1. The predicted octanol–water partition coefficient (Wildman–Crippen LogP) is 3.91. The van der Waals surface area contributed by atoms with Gasteiger partial charge in [0.15, 0.2) is 0 Å². The molecule has 0 atom stereocenters. The zero-order valence-electron chi connectivity index (χ0n) is 17.1. The number of hydrogen-bond acceptors (Lipinski definition) is 6. The molecule has 0 radical (unpaired) electrons. The van der Waals surface area contributed by atoms with Crippen molar-refractivity contribution in [2.45, 2.75) is 57.0 Å². The van der Waals surface area contributed by atoms with Gasteiger partial charge in [0, 0.05) is 13.1 Å². The Bertz CT molecular complexity index is 942. The van der Waals surface area contributed by atoms with Crippen LogP contribution in [-0.4, -0.2) is 38.2 Å². The molecule has 160 valence electrons. The Hall–Kier alpha value is -1.71. The second-order valence-corrected chi connectivity index (χ2v) is 11.3. The number of aromatic nitrogens is 1. The van der Waals surface area contributed by atoms with Crippen molar-refractivity contribution in [1.82, 2.24) is 15.0 Å². The predicted molar refractivity (Wildman–Crippen MR) is 114 cm³/mol. The van der Waals surface area contributed by atoms with Crippen LogP contribution < -0.4 is 10.0 Å². The lowest BCUT2D eigenvalue weighted by Crippen LogP contribution is -2.37. The van der Waals surface area contributed by atoms with Gasteiger partial charge < -0.3 is 10.1 Å². The van der Waals surface area contributed by atoms with E-state index in [1.54, 1.807) is 23.7 Å². The third-order valence-electron chi connectivity index (χ3n) is 5.08. The molecular weight excluding hydrogens is 410 g/mol. The maximum absolute atomic E-state index is 12.6. The number of hydrogen-bond donors (Lipinski definition) is 2. The van der Waals surface area contributed by atoms with Crippen LogP contribution in [0.4, 0.5) is 4.79 Å². The lowest BCUT2D eigenvalue weighted by Gasteiger charge is -2.29. The minimum absolute atomic E-state index is 0.282. The molecule has 0 spiro atoms.